The third-order valence-corrected chi connectivity index (χ3v) is 3.48. The number of benzene rings is 2. The lowest BCUT2D eigenvalue weighted by atomic mass is 10.0. The monoisotopic (exact) mass is 283 g/mol. The Bertz CT molecular complexity index is 536. The van der Waals surface area contributed by atoms with E-state index in [0.717, 1.165) is 18.7 Å². The third-order valence-electron chi connectivity index (χ3n) is 3.48. The maximum Gasteiger partial charge on any atom is 0.124 e. The summed E-state index contributed by atoms with van der Waals surface area (Å²) in [6, 6.07) is 19.2. The summed E-state index contributed by atoms with van der Waals surface area (Å²) in [4.78, 5) is 0. The molecule has 21 heavy (non-hydrogen) atoms. The number of hydrogen-bond acceptors (Lipinski definition) is 2. The van der Waals surface area contributed by atoms with Crippen LogP contribution in [0.25, 0.3) is 0 Å². The van der Waals surface area contributed by atoms with Gasteiger partial charge in [0, 0.05) is 18.2 Å². The minimum atomic E-state index is 0.197. The number of hydrogen-bond donors (Lipinski definition) is 1. The first kappa shape index (κ1) is 15.6. The van der Waals surface area contributed by atoms with Gasteiger partial charge in [0.1, 0.15) is 5.75 Å². The molecule has 0 saturated carbocycles. The second-order valence-electron chi connectivity index (χ2n) is 5.53. The fourth-order valence-electron chi connectivity index (χ4n) is 2.44. The van der Waals surface area contributed by atoms with E-state index >= 15 is 0 Å². The van der Waals surface area contributed by atoms with Crippen molar-refractivity contribution in [1.29, 1.82) is 0 Å². The van der Waals surface area contributed by atoms with Gasteiger partial charge in [0.2, 0.25) is 0 Å². The standard InChI is InChI=1S/C19H25NO/c1-4-18(16-10-6-5-7-11-16)20-14-17-12-8-9-13-19(17)21-15(2)3/h5-13,15,18,20H,4,14H2,1-3H3. The molecule has 0 aliphatic rings. The molecule has 0 aromatic heterocycles. The van der Waals surface area contributed by atoms with Crippen LogP contribution in [-0.2, 0) is 6.54 Å². The molecule has 2 aromatic rings. The Hall–Kier alpha value is -1.80. The Morgan fingerprint density at radius 1 is 0.952 bits per heavy atom. The zero-order valence-corrected chi connectivity index (χ0v) is 13.2. The molecule has 0 radical (unpaired) electrons. The van der Waals surface area contributed by atoms with Crippen LogP contribution in [0.2, 0.25) is 0 Å². The highest BCUT2D eigenvalue weighted by Gasteiger charge is 2.10. The van der Waals surface area contributed by atoms with Crippen LogP contribution in [-0.4, -0.2) is 6.10 Å². The first-order valence-corrected chi connectivity index (χ1v) is 7.73. The van der Waals surface area contributed by atoms with Gasteiger partial charge in [0.05, 0.1) is 6.10 Å². The van der Waals surface area contributed by atoms with Crippen molar-refractivity contribution in [3.8, 4) is 5.75 Å². The number of para-hydroxylation sites is 1. The van der Waals surface area contributed by atoms with Crippen molar-refractivity contribution >= 4 is 0 Å². The lowest BCUT2D eigenvalue weighted by Crippen LogP contribution is -2.21. The highest BCUT2D eigenvalue weighted by molar-refractivity contribution is 5.33. The fraction of sp³-hybridized carbons (Fsp3) is 0.368. The van der Waals surface area contributed by atoms with Crippen LogP contribution in [0.1, 0.15) is 44.4 Å². The molecule has 112 valence electrons. The average molecular weight is 283 g/mol. The Labute approximate surface area is 128 Å². The van der Waals surface area contributed by atoms with Crippen molar-refractivity contribution in [1.82, 2.24) is 5.32 Å². The summed E-state index contributed by atoms with van der Waals surface area (Å²) in [5.41, 5.74) is 2.54. The van der Waals surface area contributed by atoms with E-state index < -0.39 is 0 Å². The van der Waals surface area contributed by atoms with E-state index in [1.807, 2.05) is 12.1 Å². The van der Waals surface area contributed by atoms with Crippen LogP contribution in [0.4, 0.5) is 0 Å². The van der Waals surface area contributed by atoms with Gasteiger partial charge in [-0.15, -0.1) is 0 Å². The van der Waals surface area contributed by atoms with Gasteiger partial charge in [0.15, 0.2) is 0 Å². The fourth-order valence-corrected chi connectivity index (χ4v) is 2.44. The van der Waals surface area contributed by atoms with Gasteiger partial charge >= 0.3 is 0 Å². The summed E-state index contributed by atoms with van der Waals surface area (Å²) in [5, 5.41) is 3.64. The Kier molecular flexibility index (Phi) is 5.82. The molecule has 1 atom stereocenters. The van der Waals surface area contributed by atoms with Crippen LogP contribution in [0.5, 0.6) is 5.75 Å². The zero-order valence-electron chi connectivity index (χ0n) is 13.2. The topological polar surface area (TPSA) is 21.3 Å². The van der Waals surface area contributed by atoms with E-state index in [0.29, 0.717) is 6.04 Å². The van der Waals surface area contributed by atoms with Gasteiger partial charge in [0.25, 0.3) is 0 Å². The molecule has 0 saturated heterocycles. The van der Waals surface area contributed by atoms with Crippen molar-refractivity contribution in [2.24, 2.45) is 0 Å². The Balaban J connectivity index is 2.05. The largest absolute Gasteiger partial charge is 0.491 e. The van der Waals surface area contributed by atoms with Crippen molar-refractivity contribution in [3.63, 3.8) is 0 Å². The molecular formula is C19H25NO. The lowest BCUT2D eigenvalue weighted by Gasteiger charge is -2.19. The lowest BCUT2D eigenvalue weighted by molar-refractivity contribution is 0.239. The minimum Gasteiger partial charge on any atom is -0.491 e. The van der Waals surface area contributed by atoms with E-state index in [9.17, 15) is 0 Å². The molecule has 1 N–H and O–H groups in total. The predicted octanol–water partition coefficient (Wildman–Crippen LogP) is 4.71. The molecule has 0 bridgehead atoms. The van der Waals surface area contributed by atoms with Crippen molar-refractivity contribution in [3.05, 3.63) is 65.7 Å². The maximum atomic E-state index is 5.88. The molecule has 2 aromatic carbocycles. The molecule has 2 nitrogen and oxygen atoms in total. The number of nitrogens with one attached hydrogen (secondary N) is 1. The van der Waals surface area contributed by atoms with Gasteiger partial charge in [-0.1, -0.05) is 55.5 Å². The first-order chi connectivity index (χ1) is 10.2. The highest BCUT2D eigenvalue weighted by Crippen LogP contribution is 2.22. The SMILES string of the molecule is CCC(NCc1ccccc1OC(C)C)c1ccccc1. The highest BCUT2D eigenvalue weighted by atomic mass is 16.5. The summed E-state index contributed by atoms with van der Waals surface area (Å²) in [6.07, 6.45) is 1.26. The van der Waals surface area contributed by atoms with Crippen LogP contribution in [0.3, 0.4) is 0 Å². The van der Waals surface area contributed by atoms with Gasteiger partial charge in [-0.3, -0.25) is 0 Å². The molecule has 2 heteroatoms. The van der Waals surface area contributed by atoms with Crippen LogP contribution < -0.4 is 10.1 Å². The summed E-state index contributed by atoms with van der Waals surface area (Å²) < 4.78 is 5.88. The van der Waals surface area contributed by atoms with Crippen LogP contribution in [0, 0.1) is 0 Å². The quantitative estimate of drug-likeness (QED) is 0.794. The zero-order chi connectivity index (χ0) is 15.1. The number of rotatable bonds is 7. The maximum absolute atomic E-state index is 5.88. The molecule has 0 aliphatic carbocycles. The van der Waals surface area contributed by atoms with Crippen molar-refractivity contribution in [2.45, 2.75) is 45.9 Å². The molecule has 0 amide bonds. The van der Waals surface area contributed by atoms with Crippen LogP contribution in [0.15, 0.2) is 54.6 Å². The molecule has 0 spiro atoms. The normalized spacial score (nSPS) is 12.4. The van der Waals surface area contributed by atoms with E-state index in [-0.39, 0.29) is 6.10 Å². The predicted molar refractivity (Wildman–Crippen MR) is 88.5 cm³/mol. The van der Waals surface area contributed by atoms with Gasteiger partial charge < -0.3 is 10.1 Å². The van der Waals surface area contributed by atoms with Crippen molar-refractivity contribution in [2.75, 3.05) is 0 Å². The van der Waals surface area contributed by atoms with Gasteiger partial charge in [-0.2, -0.15) is 0 Å². The molecule has 1 unspecified atom stereocenters. The molecule has 2 rings (SSSR count). The second-order valence-corrected chi connectivity index (χ2v) is 5.53. The van der Waals surface area contributed by atoms with E-state index in [2.05, 4.69) is 68.6 Å². The van der Waals surface area contributed by atoms with Gasteiger partial charge in [-0.25, -0.2) is 0 Å². The van der Waals surface area contributed by atoms with E-state index in [4.69, 9.17) is 4.74 Å². The minimum absolute atomic E-state index is 0.197. The summed E-state index contributed by atoms with van der Waals surface area (Å²) in [5.74, 6) is 0.975. The number of ether oxygens (including phenoxy) is 1. The summed E-state index contributed by atoms with van der Waals surface area (Å²) >= 11 is 0. The second kappa shape index (κ2) is 7.84. The third kappa shape index (κ3) is 4.61. The Morgan fingerprint density at radius 2 is 1.62 bits per heavy atom. The smallest absolute Gasteiger partial charge is 0.124 e. The summed E-state index contributed by atoms with van der Waals surface area (Å²) in [7, 11) is 0. The van der Waals surface area contributed by atoms with E-state index in [1.165, 1.54) is 11.1 Å². The van der Waals surface area contributed by atoms with Crippen LogP contribution >= 0.6 is 0 Å². The first-order valence-electron chi connectivity index (χ1n) is 7.73. The summed E-state index contributed by atoms with van der Waals surface area (Å²) in [6.45, 7) is 7.14. The van der Waals surface area contributed by atoms with Gasteiger partial charge in [-0.05, 0) is 31.9 Å². The van der Waals surface area contributed by atoms with Crippen molar-refractivity contribution < 1.29 is 4.74 Å². The van der Waals surface area contributed by atoms with E-state index in [1.54, 1.807) is 0 Å². The molecule has 0 fully saturated rings. The molecule has 0 heterocycles. The Morgan fingerprint density at radius 3 is 2.29 bits per heavy atom. The average Bonchev–Trinajstić information content (AvgIpc) is 2.50. The molecule has 0 aliphatic heterocycles. The molecular weight excluding hydrogens is 258 g/mol.